The van der Waals surface area contributed by atoms with Crippen molar-refractivity contribution in [2.45, 2.75) is 38.5 Å². The summed E-state index contributed by atoms with van der Waals surface area (Å²) in [6.07, 6.45) is 6.34. The van der Waals surface area contributed by atoms with E-state index in [0.29, 0.717) is 35.0 Å². The number of methoxy groups -OCH3 is 2. The molecule has 0 spiro atoms. The lowest BCUT2D eigenvalue weighted by molar-refractivity contribution is 0.0959. The Kier molecular flexibility index (Phi) is 6.08. The van der Waals surface area contributed by atoms with Crippen molar-refractivity contribution in [1.29, 1.82) is 0 Å². The van der Waals surface area contributed by atoms with Crippen LogP contribution in [0.25, 0.3) is 10.2 Å². The van der Waals surface area contributed by atoms with Crippen LogP contribution in [0.15, 0.2) is 24.3 Å². The van der Waals surface area contributed by atoms with Gasteiger partial charge in [0.1, 0.15) is 9.71 Å². The monoisotopic (exact) mass is 425 g/mol. The van der Waals surface area contributed by atoms with Gasteiger partial charge in [0.2, 0.25) is 0 Å². The number of nitrogens with zero attached hydrogens (tertiary/aromatic N) is 1. The molecule has 0 radical (unpaired) electrons. The smallest absolute Gasteiger partial charge is 0.263 e. The molecule has 2 aromatic heterocycles. The molecule has 1 aliphatic rings. The standard InChI is InChI=1S/C23H27N3O3S/c1-28-18-9-8-14(12-19(18)29-2)10-11-25-22(27)21-20(24)16-13-15-6-4-3-5-7-17(15)26-23(16)30-21/h8-9,12-13H,3-7,10-11,24H2,1-2H3,(H,25,27). The largest absolute Gasteiger partial charge is 0.493 e. The third kappa shape index (κ3) is 4.07. The van der Waals surface area contributed by atoms with Gasteiger partial charge >= 0.3 is 0 Å². The van der Waals surface area contributed by atoms with Crippen molar-refractivity contribution in [1.82, 2.24) is 10.3 Å². The molecule has 0 saturated carbocycles. The molecule has 1 aliphatic carbocycles. The zero-order valence-corrected chi connectivity index (χ0v) is 18.2. The Hall–Kier alpha value is -2.80. The maximum absolute atomic E-state index is 12.8. The SMILES string of the molecule is COc1ccc(CCNC(=O)c2sc3nc4c(cc3c2N)CCCCC4)cc1OC. The van der Waals surface area contributed by atoms with Crippen molar-refractivity contribution in [2.24, 2.45) is 0 Å². The minimum Gasteiger partial charge on any atom is -0.493 e. The van der Waals surface area contributed by atoms with E-state index in [2.05, 4.69) is 11.4 Å². The van der Waals surface area contributed by atoms with E-state index in [1.165, 1.54) is 41.9 Å². The highest BCUT2D eigenvalue weighted by molar-refractivity contribution is 7.21. The third-order valence-corrected chi connectivity index (χ3v) is 6.72. The third-order valence-electron chi connectivity index (χ3n) is 5.60. The number of ether oxygens (including phenoxy) is 2. The minimum atomic E-state index is -0.147. The number of thiophene rings is 1. The number of nitrogen functional groups attached to an aromatic ring is 1. The lowest BCUT2D eigenvalue weighted by Crippen LogP contribution is -2.25. The number of carbonyl (C=O) groups excluding carboxylic acids is 1. The zero-order valence-electron chi connectivity index (χ0n) is 17.4. The summed E-state index contributed by atoms with van der Waals surface area (Å²) in [5.41, 5.74) is 10.4. The fourth-order valence-electron chi connectivity index (χ4n) is 3.94. The van der Waals surface area contributed by atoms with E-state index in [-0.39, 0.29) is 5.91 Å². The number of fused-ring (bicyclic) bond motifs is 2. The average molecular weight is 426 g/mol. The van der Waals surface area contributed by atoms with Crippen LogP contribution in [-0.2, 0) is 19.3 Å². The lowest BCUT2D eigenvalue weighted by atomic mass is 10.1. The lowest BCUT2D eigenvalue weighted by Gasteiger charge is -2.10. The van der Waals surface area contributed by atoms with Gasteiger partial charge in [0, 0.05) is 17.6 Å². The molecular weight excluding hydrogens is 398 g/mol. The van der Waals surface area contributed by atoms with Crippen molar-refractivity contribution in [2.75, 3.05) is 26.5 Å². The molecule has 1 aromatic carbocycles. The van der Waals surface area contributed by atoms with Gasteiger partial charge in [-0.2, -0.15) is 0 Å². The predicted octanol–water partition coefficient (Wildman–Crippen LogP) is 4.14. The van der Waals surface area contributed by atoms with Crippen molar-refractivity contribution >= 4 is 33.1 Å². The summed E-state index contributed by atoms with van der Waals surface area (Å²) < 4.78 is 10.6. The molecule has 0 bridgehead atoms. The molecule has 4 rings (SSSR count). The molecule has 0 aliphatic heterocycles. The first-order valence-electron chi connectivity index (χ1n) is 10.3. The van der Waals surface area contributed by atoms with E-state index in [1.807, 2.05) is 18.2 Å². The maximum Gasteiger partial charge on any atom is 0.263 e. The molecule has 7 heteroatoms. The zero-order chi connectivity index (χ0) is 21.1. The summed E-state index contributed by atoms with van der Waals surface area (Å²) in [5.74, 6) is 1.22. The Labute approximate surface area is 180 Å². The highest BCUT2D eigenvalue weighted by Gasteiger charge is 2.20. The van der Waals surface area contributed by atoms with Crippen LogP contribution in [-0.4, -0.2) is 31.7 Å². The van der Waals surface area contributed by atoms with Crippen molar-refractivity contribution < 1.29 is 14.3 Å². The number of aromatic nitrogens is 1. The number of nitrogens with one attached hydrogen (secondary N) is 1. The molecule has 0 atom stereocenters. The molecule has 1 amide bonds. The van der Waals surface area contributed by atoms with Crippen LogP contribution in [0, 0.1) is 0 Å². The van der Waals surface area contributed by atoms with Gasteiger partial charge < -0.3 is 20.5 Å². The predicted molar refractivity (Wildman–Crippen MR) is 121 cm³/mol. The van der Waals surface area contributed by atoms with Gasteiger partial charge in [0.25, 0.3) is 5.91 Å². The van der Waals surface area contributed by atoms with Crippen molar-refractivity contribution in [3.63, 3.8) is 0 Å². The van der Waals surface area contributed by atoms with E-state index in [9.17, 15) is 4.79 Å². The van der Waals surface area contributed by atoms with Crippen LogP contribution in [0.3, 0.4) is 0 Å². The van der Waals surface area contributed by atoms with Crippen LogP contribution < -0.4 is 20.5 Å². The van der Waals surface area contributed by atoms with Crippen LogP contribution >= 0.6 is 11.3 Å². The Morgan fingerprint density at radius 1 is 1.13 bits per heavy atom. The van der Waals surface area contributed by atoms with Crippen LogP contribution in [0.4, 0.5) is 5.69 Å². The van der Waals surface area contributed by atoms with E-state index in [4.69, 9.17) is 20.2 Å². The second-order valence-electron chi connectivity index (χ2n) is 7.55. The molecule has 3 N–H and O–H groups in total. The summed E-state index contributed by atoms with van der Waals surface area (Å²) >= 11 is 1.38. The number of pyridine rings is 1. The second kappa shape index (κ2) is 8.92. The molecular formula is C23H27N3O3S. The summed E-state index contributed by atoms with van der Waals surface area (Å²) in [6.45, 7) is 0.506. The Morgan fingerprint density at radius 2 is 1.93 bits per heavy atom. The number of benzene rings is 1. The fraction of sp³-hybridized carbons (Fsp3) is 0.391. The Bertz CT molecular complexity index is 1080. The molecule has 0 fully saturated rings. The first kappa shape index (κ1) is 20.5. The van der Waals surface area contributed by atoms with Gasteiger partial charge in [-0.05, 0) is 61.4 Å². The molecule has 158 valence electrons. The van der Waals surface area contributed by atoms with E-state index >= 15 is 0 Å². The summed E-state index contributed by atoms with van der Waals surface area (Å²) in [6, 6.07) is 7.92. The normalized spacial score (nSPS) is 13.5. The minimum absolute atomic E-state index is 0.147. The van der Waals surface area contributed by atoms with Gasteiger partial charge in [-0.3, -0.25) is 4.79 Å². The molecule has 2 heterocycles. The summed E-state index contributed by atoms with van der Waals surface area (Å²) in [7, 11) is 3.22. The van der Waals surface area contributed by atoms with Crippen molar-refractivity contribution in [3.8, 4) is 11.5 Å². The van der Waals surface area contributed by atoms with Crippen molar-refractivity contribution in [3.05, 3.63) is 46.0 Å². The van der Waals surface area contributed by atoms with Gasteiger partial charge in [-0.1, -0.05) is 12.5 Å². The van der Waals surface area contributed by atoms with Gasteiger partial charge in [-0.25, -0.2) is 4.98 Å². The topological polar surface area (TPSA) is 86.5 Å². The molecule has 30 heavy (non-hydrogen) atoms. The number of hydrogen-bond acceptors (Lipinski definition) is 6. The van der Waals surface area contributed by atoms with Gasteiger partial charge in [0.15, 0.2) is 11.5 Å². The molecule has 6 nitrogen and oxygen atoms in total. The average Bonchev–Trinajstić information content (AvgIpc) is 2.92. The van der Waals surface area contributed by atoms with Crippen LogP contribution in [0.5, 0.6) is 11.5 Å². The summed E-state index contributed by atoms with van der Waals surface area (Å²) in [5, 5.41) is 3.89. The van der Waals surface area contributed by atoms with Gasteiger partial charge in [-0.15, -0.1) is 11.3 Å². The van der Waals surface area contributed by atoms with E-state index in [1.54, 1.807) is 14.2 Å². The maximum atomic E-state index is 12.8. The Balaban J connectivity index is 1.46. The van der Waals surface area contributed by atoms with Crippen LogP contribution in [0.2, 0.25) is 0 Å². The fourth-order valence-corrected chi connectivity index (χ4v) is 4.95. The van der Waals surface area contributed by atoms with E-state index in [0.717, 1.165) is 28.6 Å². The highest BCUT2D eigenvalue weighted by Crippen LogP contribution is 2.35. The summed E-state index contributed by atoms with van der Waals surface area (Å²) in [4.78, 5) is 19.0. The second-order valence-corrected chi connectivity index (χ2v) is 8.55. The number of carbonyl (C=O) groups is 1. The molecule has 3 aromatic rings. The quantitative estimate of drug-likeness (QED) is 0.580. The van der Waals surface area contributed by atoms with Crippen LogP contribution in [0.1, 0.15) is 45.8 Å². The highest BCUT2D eigenvalue weighted by atomic mass is 32.1. The number of amides is 1. The first-order valence-corrected chi connectivity index (χ1v) is 11.1. The van der Waals surface area contributed by atoms with Gasteiger partial charge in [0.05, 0.1) is 19.9 Å². The number of nitrogens with two attached hydrogens (primary N) is 1. The number of hydrogen-bond donors (Lipinski definition) is 2. The van der Waals surface area contributed by atoms with E-state index < -0.39 is 0 Å². The number of aryl methyl sites for hydroxylation is 2. The number of anilines is 1. The Morgan fingerprint density at radius 3 is 2.73 bits per heavy atom. The number of rotatable bonds is 6. The molecule has 0 unspecified atom stereocenters. The first-order chi connectivity index (χ1) is 14.6. The molecule has 0 saturated heterocycles.